The Labute approximate surface area is 148 Å². The molecule has 0 unspecified atom stereocenters. The van der Waals surface area contributed by atoms with Crippen LogP contribution in [-0.2, 0) is 5.92 Å². The summed E-state index contributed by atoms with van der Waals surface area (Å²) in [5.41, 5.74) is -2.12. The number of aromatic hydroxyl groups is 1. The summed E-state index contributed by atoms with van der Waals surface area (Å²) in [6, 6.07) is 7.02. The molecule has 0 radical (unpaired) electrons. The molecule has 0 saturated carbocycles. The summed E-state index contributed by atoms with van der Waals surface area (Å²) in [5.74, 6) is -6.19. The summed E-state index contributed by atoms with van der Waals surface area (Å²) in [5, 5.41) is 15.3. The minimum atomic E-state index is -5.84. The Morgan fingerprint density at radius 3 is 2.48 bits per heavy atom. The molecule has 3 rings (SSSR count). The first-order chi connectivity index (χ1) is 12.5. The van der Waals surface area contributed by atoms with Crippen LogP contribution < -0.4 is 5.32 Å². The van der Waals surface area contributed by atoms with E-state index in [-0.39, 0.29) is 27.3 Å². The number of phenols is 1. The molecule has 0 atom stereocenters. The molecule has 142 valence electrons. The molecule has 0 spiro atoms. The monoisotopic (exact) mass is 386 g/mol. The Morgan fingerprint density at radius 2 is 1.85 bits per heavy atom. The number of benzene rings is 1. The van der Waals surface area contributed by atoms with Crippen LogP contribution in [0.3, 0.4) is 0 Å². The third kappa shape index (κ3) is 3.39. The zero-order chi connectivity index (χ0) is 20.0. The van der Waals surface area contributed by atoms with Crippen molar-refractivity contribution in [3.05, 3.63) is 53.5 Å². The normalized spacial score (nSPS) is 12.4. The number of aryl methyl sites for hydroxylation is 1. The molecular formula is C16H11F5N4O2. The van der Waals surface area contributed by atoms with E-state index in [1.54, 1.807) is 0 Å². The SMILES string of the molecule is Cc1cc(C(F)(F)C(F)(F)F)n2nc(C(=O)Nc3cccc(O)c3)cc2n1. The van der Waals surface area contributed by atoms with Crippen LogP contribution >= 0.6 is 0 Å². The van der Waals surface area contributed by atoms with E-state index in [1.165, 1.54) is 31.2 Å². The number of nitrogens with one attached hydrogen (secondary N) is 1. The molecule has 0 bridgehead atoms. The van der Waals surface area contributed by atoms with Crippen LogP contribution in [0.5, 0.6) is 5.75 Å². The highest BCUT2D eigenvalue weighted by atomic mass is 19.4. The number of nitrogens with zero attached hydrogens (tertiary/aromatic N) is 3. The number of halogens is 5. The fourth-order valence-corrected chi connectivity index (χ4v) is 2.36. The summed E-state index contributed by atoms with van der Waals surface area (Å²) >= 11 is 0. The second kappa shape index (κ2) is 6.18. The van der Waals surface area contributed by atoms with Gasteiger partial charge in [-0.1, -0.05) is 6.07 Å². The van der Waals surface area contributed by atoms with Gasteiger partial charge in [0.05, 0.1) is 0 Å². The lowest BCUT2D eigenvalue weighted by Gasteiger charge is -2.20. The zero-order valence-corrected chi connectivity index (χ0v) is 13.6. The number of hydrogen-bond donors (Lipinski definition) is 2. The molecule has 6 nitrogen and oxygen atoms in total. The lowest BCUT2D eigenvalue weighted by atomic mass is 10.2. The first-order valence-corrected chi connectivity index (χ1v) is 7.42. The number of aromatic nitrogens is 3. The maximum atomic E-state index is 13.8. The number of hydrogen-bond acceptors (Lipinski definition) is 4. The van der Waals surface area contributed by atoms with Crippen molar-refractivity contribution in [3.8, 4) is 5.75 Å². The molecule has 2 N–H and O–H groups in total. The number of carbonyl (C=O) groups is 1. The third-order valence-electron chi connectivity index (χ3n) is 3.57. The predicted molar refractivity (Wildman–Crippen MR) is 83.7 cm³/mol. The number of alkyl halides is 5. The van der Waals surface area contributed by atoms with Gasteiger partial charge >= 0.3 is 12.1 Å². The van der Waals surface area contributed by atoms with E-state index in [0.29, 0.717) is 6.07 Å². The van der Waals surface area contributed by atoms with Crippen LogP contribution in [0.25, 0.3) is 5.65 Å². The molecular weight excluding hydrogens is 375 g/mol. The fourth-order valence-electron chi connectivity index (χ4n) is 2.36. The summed E-state index contributed by atoms with van der Waals surface area (Å²) in [6.07, 6.45) is -5.84. The van der Waals surface area contributed by atoms with E-state index >= 15 is 0 Å². The minimum Gasteiger partial charge on any atom is -0.508 e. The molecule has 11 heteroatoms. The van der Waals surface area contributed by atoms with Crippen LogP contribution in [0.15, 0.2) is 36.4 Å². The Bertz CT molecular complexity index is 1030. The number of carbonyl (C=O) groups excluding carboxylic acids is 1. The van der Waals surface area contributed by atoms with Gasteiger partial charge in [0.1, 0.15) is 11.4 Å². The summed E-state index contributed by atoms with van der Waals surface area (Å²) < 4.78 is 66.2. The lowest BCUT2D eigenvalue weighted by Crippen LogP contribution is -2.36. The molecule has 0 saturated heterocycles. The van der Waals surface area contributed by atoms with Gasteiger partial charge in [-0.25, -0.2) is 9.50 Å². The van der Waals surface area contributed by atoms with Gasteiger partial charge < -0.3 is 10.4 Å². The van der Waals surface area contributed by atoms with Gasteiger partial charge in [0.15, 0.2) is 11.3 Å². The van der Waals surface area contributed by atoms with Gasteiger partial charge in [0, 0.05) is 23.5 Å². The number of fused-ring (bicyclic) bond motifs is 1. The largest absolute Gasteiger partial charge is 0.508 e. The molecule has 0 aliphatic carbocycles. The summed E-state index contributed by atoms with van der Waals surface area (Å²) in [7, 11) is 0. The zero-order valence-electron chi connectivity index (χ0n) is 13.6. The highest BCUT2D eigenvalue weighted by Crippen LogP contribution is 2.43. The number of phenolic OH excluding ortho intramolecular Hbond substituents is 1. The van der Waals surface area contributed by atoms with Crippen molar-refractivity contribution >= 4 is 17.2 Å². The quantitative estimate of drug-likeness (QED) is 0.674. The average Bonchev–Trinajstić information content (AvgIpc) is 2.96. The Kier molecular flexibility index (Phi) is 4.25. The van der Waals surface area contributed by atoms with Crippen molar-refractivity contribution in [2.75, 3.05) is 5.32 Å². The maximum absolute atomic E-state index is 13.8. The van der Waals surface area contributed by atoms with E-state index in [1.807, 2.05) is 0 Å². The lowest BCUT2D eigenvalue weighted by molar-refractivity contribution is -0.291. The van der Waals surface area contributed by atoms with E-state index < -0.39 is 29.4 Å². The van der Waals surface area contributed by atoms with Crippen molar-refractivity contribution < 1.29 is 31.9 Å². The fraction of sp³-hybridized carbons (Fsp3) is 0.188. The number of amides is 1. The van der Waals surface area contributed by atoms with Crippen molar-refractivity contribution in [2.24, 2.45) is 0 Å². The molecule has 0 aliphatic heterocycles. The smallest absolute Gasteiger partial charge is 0.459 e. The Hall–Kier alpha value is -3.24. The Balaban J connectivity index is 2.05. The topological polar surface area (TPSA) is 79.5 Å². The molecule has 1 amide bonds. The third-order valence-corrected chi connectivity index (χ3v) is 3.57. The molecule has 3 aromatic rings. The second-order valence-electron chi connectivity index (χ2n) is 5.66. The van der Waals surface area contributed by atoms with Crippen molar-refractivity contribution in [2.45, 2.75) is 19.0 Å². The van der Waals surface area contributed by atoms with Gasteiger partial charge in [-0.3, -0.25) is 4.79 Å². The molecule has 2 aromatic heterocycles. The van der Waals surface area contributed by atoms with Crippen LogP contribution in [0.2, 0.25) is 0 Å². The second-order valence-corrected chi connectivity index (χ2v) is 5.66. The van der Waals surface area contributed by atoms with Crippen molar-refractivity contribution in [1.82, 2.24) is 14.6 Å². The van der Waals surface area contributed by atoms with Gasteiger partial charge in [-0.2, -0.15) is 27.1 Å². The van der Waals surface area contributed by atoms with E-state index in [2.05, 4.69) is 15.4 Å². The highest BCUT2D eigenvalue weighted by molar-refractivity contribution is 6.03. The predicted octanol–water partition coefficient (Wildman–Crippen LogP) is 3.65. The maximum Gasteiger partial charge on any atom is 0.459 e. The summed E-state index contributed by atoms with van der Waals surface area (Å²) in [6.45, 7) is 1.25. The van der Waals surface area contributed by atoms with E-state index in [4.69, 9.17) is 0 Å². The highest BCUT2D eigenvalue weighted by Gasteiger charge is 2.60. The number of rotatable bonds is 3. The van der Waals surface area contributed by atoms with E-state index in [9.17, 15) is 31.9 Å². The van der Waals surface area contributed by atoms with Crippen molar-refractivity contribution in [1.29, 1.82) is 0 Å². The molecule has 27 heavy (non-hydrogen) atoms. The Morgan fingerprint density at radius 1 is 1.15 bits per heavy atom. The molecule has 0 fully saturated rings. The average molecular weight is 386 g/mol. The van der Waals surface area contributed by atoms with Crippen LogP contribution in [-0.4, -0.2) is 31.8 Å². The van der Waals surface area contributed by atoms with Crippen LogP contribution in [0.1, 0.15) is 21.9 Å². The standard InChI is InChI=1S/C16H11F5N4O2/c1-8-5-12(15(17,18)16(19,20)21)25-13(22-8)7-11(24-25)14(27)23-9-3-2-4-10(26)6-9/h2-7,26H,1H3,(H,23,27). The molecule has 1 aromatic carbocycles. The summed E-state index contributed by atoms with van der Waals surface area (Å²) in [4.78, 5) is 16.1. The number of anilines is 1. The van der Waals surface area contributed by atoms with Gasteiger partial charge in [-0.05, 0) is 25.1 Å². The van der Waals surface area contributed by atoms with Crippen LogP contribution in [0.4, 0.5) is 27.6 Å². The van der Waals surface area contributed by atoms with Gasteiger partial charge in [0.2, 0.25) is 0 Å². The first kappa shape index (κ1) is 18.5. The minimum absolute atomic E-state index is 0.0961. The van der Waals surface area contributed by atoms with Crippen LogP contribution in [0, 0.1) is 6.92 Å². The van der Waals surface area contributed by atoms with Gasteiger partial charge in [-0.15, -0.1) is 0 Å². The molecule has 0 aliphatic rings. The van der Waals surface area contributed by atoms with Gasteiger partial charge in [0.25, 0.3) is 5.91 Å². The first-order valence-electron chi connectivity index (χ1n) is 7.42. The van der Waals surface area contributed by atoms with Crippen molar-refractivity contribution in [3.63, 3.8) is 0 Å². The molecule has 2 heterocycles. The van der Waals surface area contributed by atoms with E-state index in [0.717, 1.165) is 6.07 Å².